The molecule has 0 aromatic heterocycles. The van der Waals surface area contributed by atoms with E-state index in [4.69, 9.17) is 5.84 Å². The molecule has 0 aliphatic rings. The van der Waals surface area contributed by atoms with Crippen molar-refractivity contribution in [1.82, 2.24) is 5.43 Å². The number of nitrogens with two attached hydrogens (primary N) is 1. The van der Waals surface area contributed by atoms with Crippen molar-refractivity contribution < 1.29 is 13.6 Å². The van der Waals surface area contributed by atoms with Crippen molar-refractivity contribution in [3.63, 3.8) is 0 Å². The number of rotatable bonds is 3. The molecule has 0 fully saturated rings. The molecule has 0 aliphatic carbocycles. The molecule has 0 radical (unpaired) electrons. The number of hydrogen-bond acceptors (Lipinski definition) is 3. The molecule has 3 N–H and O–H groups in total. The quantitative estimate of drug-likeness (QED) is 0.346. The number of hydrazine groups is 1. The summed E-state index contributed by atoms with van der Waals surface area (Å²) in [5.41, 5.74) is 2.17. The van der Waals surface area contributed by atoms with Crippen LogP contribution in [0, 0.1) is 11.6 Å². The minimum atomic E-state index is -0.712. The Morgan fingerprint density at radius 3 is 2.50 bits per heavy atom. The molecule has 0 aliphatic heterocycles. The van der Waals surface area contributed by atoms with Gasteiger partial charge in [-0.05, 0) is 24.6 Å². The van der Waals surface area contributed by atoms with Crippen molar-refractivity contribution in [2.75, 3.05) is 0 Å². The zero-order valence-corrected chi connectivity index (χ0v) is 8.58. The van der Waals surface area contributed by atoms with Gasteiger partial charge in [-0.2, -0.15) is 0 Å². The van der Waals surface area contributed by atoms with Gasteiger partial charge in [0.25, 0.3) is 5.91 Å². The summed E-state index contributed by atoms with van der Waals surface area (Å²) < 4.78 is 25.6. The molecule has 0 spiro atoms. The summed E-state index contributed by atoms with van der Waals surface area (Å²) in [6, 6.07) is 2.27. The predicted octanol–water partition coefficient (Wildman–Crippen LogP) is 0.762. The molecule has 0 saturated carbocycles. The Balaban J connectivity index is 2.80. The third kappa shape index (κ3) is 3.39. The van der Waals surface area contributed by atoms with Crippen LogP contribution in [0.3, 0.4) is 0 Å². The van der Waals surface area contributed by atoms with Crippen LogP contribution in [0.15, 0.2) is 23.2 Å². The molecule has 1 rings (SSSR count). The van der Waals surface area contributed by atoms with Crippen molar-refractivity contribution in [2.45, 2.75) is 13.0 Å². The van der Waals surface area contributed by atoms with E-state index < -0.39 is 23.6 Å². The number of amides is 1. The molecule has 0 bridgehead atoms. The summed E-state index contributed by atoms with van der Waals surface area (Å²) in [5.74, 6) is 3.02. The number of carbonyl (C=O) groups is 1. The Morgan fingerprint density at radius 1 is 1.44 bits per heavy atom. The molecule has 0 heterocycles. The molecule has 1 aromatic rings. The topological polar surface area (TPSA) is 67.5 Å². The Morgan fingerprint density at radius 2 is 2.00 bits per heavy atom. The van der Waals surface area contributed by atoms with Gasteiger partial charge < -0.3 is 0 Å². The molecule has 6 heteroatoms. The lowest BCUT2D eigenvalue weighted by atomic mass is 10.2. The van der Waals surface area contributed by atoms with Gasteiger partial charge in [0, 0.05) is 12.3 Å². The third-order valence-electron chi connectivity index (χ3n) is 1.85. The van der Waals surface area contributed by atoms with E-state index in [9.17, 15) is 13.6 Å². The zero-order valence-electron chi connectivity index (χ0n) is 8.58. The summed E-state index contributed by atoms with van der Waals surface area (Å²) in [5, 5.41) is 0. The third-order valence-corrected chi connectivity index (χ3v) is 1.85. The fourth-order valence-electron chi connectivity index (χ4n) is 1.04. The number of nitrogens with zero attached hydrogens (tertiary/aromatic N) is 1. The fourth-order valence-corrected chi connectivity index (χ4v) is 1.04. The van der Waals surface area contributed by atoms with Gasteiger partial charge in [0.1, 0.15) is 17.7 Å². The van der Waals surface area contributed by atoms with Crippen LogP contribution in [-0.2, 0) is 4.79 Å². The lowest BCUT2D eigenvalue weighted by molar-refractivity contribution is -0.121. The van der Waals surface area contributed by atoms with Gasteiger partial charge in [-0.3, -0.25) is 15.2 Å². The van der Waals surface area contributed by atoms with E-state index >= 15 is 0 Å². The second kappa shape index (κ2) is 5.32. The Labute approximate surface area is 91.1 Å². The van der Waals surface area contributed by atoms with Crippen LogP contribution in [0.5, 0.6) is 0 Å². The molecular formula is C10H11F2N3O. The second-order valence-corrected chi connectivity index (χ2v) is 3.17. The van der Waals surface area contributed by atoms with Gasteiger partial charge in [-0.25, -0.2) is 14.6 Å². The van der Waals surface area contributed by atoms with Crippen LogP contribution in [-0.4, -0.2) is 18.2 Å². The molecule has 16 heavy (non-hydrogen) atoms. The average Bonchev–Trinajstić information content (AvgIpc) is 2.23. The number of nitrogens with one attached hydrogen (secondary N) is 1. The summed E-state index contributed by atoms with van der Waals surface area (Å²) in [4.78, 5) is 14.8. The van der Waals surface area contributed by atoms with Crippen molar-refractivity contribution in [2.24, 2.45) is 10.8 Å². The number of aliphatic imine (C=N–C) groups is 1. The molecule has 4 nitrogen and oxygen atoms in total. The van der Waals surface area contributed by atoms with E-state index in [-0.39, 0.29) is 5.56 Å². The maximum absolute atomic E-state index is 12.8. The fraction of sp³-hybridized carbons (Fsp3) is 0.200. The first-order valence-electron chi connectivity index (χ1n) is 4.52. The first-order chi connectivity index (χ1) is 7.52. The van der Waals surface area contributed by atoms with E-state index in [0.717, 1.165) is 18.2 Å². The van der Waals surface area contributed by atoms with Gasteiger partial charge in [-0.1, -0.05) is 0 Å². The van der Waals surface area contributed by atoms with Crippen molar-refractivity contribution in [3.05, 3.63) is 35.4 Å². The largest absolute Gasteiger partial charge is 0.292 e. The highest BCUT2D eigenvalue weighted by atomic mass is 19.1. The van der Waals surface area contributed by atoms with E-state index in [1.54, 1.807) is 0 Å². The predicted molar refractivity (Wildman–Crippen MR) is 55.7 cm³/mol. The average molecular weight is 227 g/mol. The molecule has 86 valence electrons. The lowest BCUT2D eigenvalue weighted by Gasteiger charge is -2.03. The van der Waals surface area contributed by atoms with Crippen molar-refractivity contribution in [3.8, 4) is 0 Å². The van der Waals surface area contributed by atoms with E-state index in [0.29, 0.717) is 0 Å². The van der Waals surface area contributed by atoms with E-state index in [1.165, 1.54) is 13.1 Å². The smallest absolute Gasteiger partial charge is 0.258 e. The van der Waals surface area contributed by atoms with Crippen LogP contribution in [0.2, 0.25) is 0 Å². The molecule has 1 unspecified atom stereocenters. The van der Waals surface area contributed by atoms with Gasteiger partial charge in [0.2, 0.25) is 0 Å². The maximum Gasteiger partial charge on any atom is 0.258 e. The SMILES string of the molecule is CC(N=Cc1cc(F)cc(F)c1)C(=O)NN. The van der Waals surface area contributed by atoms with Crippen LogP contribution in [0.4, 0.5) is 8.78 Å². The van der Waals surface area contributed by atoms with Crippen LogP contribution < -0.4 is 11.3 Å². The first kappa shape index (κ1) is 12.3. The Bertz CT molecular complexity index is 400. The van der Waals surface area contributed by atoms with Crippen molar-refractivity contribution in [1.29, 1.82) is 0 Å². The Hall–Kier alpha value is -1.82. The lowest BCUT2D eigenvalue weighted by Crippen LogP contribution is -2.36. The molecule has 1 aromatic carbocycles. The Kier molecular flexibility index (Phi) is 4.07. The van der Waals surface area contributed by atoms with Gasteiger partial charge in [0.05, 0.1) is 0 Å². The first-order valence-corrected chi connectivity index (χ1v) is 4.52. The van der Waals surface area contributed by atoms with Crippen molar-refractivity contribution >= 4 is 12.1 Å². The van der Waals surface area contributed by atoms with Gasteiger partial charge >= 0.3 is 0 Å². The zero-order chi connectivity index (χ0) is 12.1. The molecule has 1 atom stereocenters. The number of hydrogen-bond donors (Lipinski definition) is 2. The monoisotopic (exact) mass is 227 g/mol. The van der Waals surface area contributed by atoms with Gasteiger partial charge in [-0.15, -0.1) is 0 Å². The molecule has 0 saturated heterocycles. The summed E-state index contributed by atoms with van der Waals surface area (Å²) in [6.07, 6.45) is 1.21. The van der Waals surface area contributed by atoms with Crippen LogP contribution >= 0.6 is 0 Å². The normalized spacial score (nSPS) is 12.8. The molecule has 1 amide bonds. The highest BCUT2D eigenvalue weighted by Gasteiger charge is 2.07. The minimum absolute atomic E-state index is 0.245. The summed E-state index contributed by atoms with van der Waals surface area (Å²) in [7, 11) is 0. The van der Waals surface area contributed by atoms with Crippen LogP contribution in [0.1, 0.15) is 12.5 Å². The minimum Gasteiger partial charge on any atom is -0.292 e. The van der Waals surface area contributed by atoms with E-state index in [1.807, 2.05) is 5.43 Å². The number of carbonyl (C=O) groups excluding carboxylic acids is 1. The number of halogens is 2. The highest BCUT2D eigenvalue weighted by molar-refractivity contribution is 5.86. The van der Waals surface area contributed by atoms with Crippen LogP contribution in [0.25, 0.3) is 0 Å². The maximum atomic E-state index is 12.8. The van der Waals surface area contributed by atoms with Gasteiger partial charge in [0.15, 0.2) is 0 Å². The van der Waals surface area contributed by atoms with E-state index in [2.05, 4.69) is 4.99 Å². The highest BCUT2D eigenvalue weighted by Crippen LogP contribution is 2.06. The summed E-state index contributed by atoms with van der Waals surface area (Å²) in [6.45, 7) is 1.51. The second-order valence-electron chi connectivity index (χ2n) is 3.17. The number of benzene rings is 1. The molecular weight excluding hydrogens is 216 g/mol. The summed E-state index contributed by atoms with van der Waals surface area (Å²) >= 11 is 0. The standard InChI is InChI=1S/C10H11F2N3O/c1-6(10(16)15-13)14-5-7-2-8(11)4-9(12)3-7/h2-6H,13H2,1H3,(H,15,16).